The van der Waals surface area contributed by atoms with E-state index < -0.39 is 65.3 Å². The topological polar surface area (TPSA) is 128 Å². The summed E-state index contributed by atoms with van der Waals surface area (Å²) in [4.78, 5) is 50.5. The number of fused-ring (bicyclic) bond motifs is 7. The van der Waals surface area contributed by atoms with Crippen molar-refractivity contribution in [3.63, 3.8) is 0 Å². The number of halogens is 2. The molecule has 8 atom stereocenters. The van der Waals surface area contributed by atoms with Crippen molar-refractivity contribution in [3.05, 3.63) is 23.9 Å². The third-order valence-corrected chi connectivity index (χ3v) is 10.9. The van der Waals surface area contributed by atoms with Gasteiger partial charge >= 0.3 is 11.9 Å². The monoisotopic (exact) mass is 657 g/mol. The zero-order valence-electron chi connectivity index (χ0n) is 27.7. The highest BCUT2D eigenvalue weighted by Gasteiger charge is 2.55. The van der Waals surface area contributed by atoms with E-state index in [0.717, 1.165) is 12.8 Å². The summed E-state index contributed by atoms with van der Waals surface area (Å²) in [5, 5.41) is 10.4. The smallest absolute Gasteiger partial charge is 0.326 e. The molecule has 12 heteroatoms. The summed E-state index contributed by atoms with van der Waals surface area (Å²) in [5.74, 6) is -6.15. The van der Waals surface area contributed by atoms with Gasteiger partial charge in [0.15, 0.2) is 5.69 Å². The van der Waals surface area contributed by atoms with Crippen molar-refractivity contribution < 1.29 is 42.5 Å². The Labute approximate surface area is 273 Å². The quantitative estimate of drug-likeness (QED) is 0.396. The first-order chi connectivity index (χ1) is 22.2. The molecule has 3 fully saturated rings. The number of benzene rings is 1. The molecular weight excluding hydrogens is 612 g/mol. The van der Waals surface area contributed by atoms with Crippen molar-refractivity contribution >= 4 is 28.9 Å². The average Bonchev–Trinajstić information content (AvgIpc) is 3.54. The molecule has 0 unspecified atom stereocenters. The second kappa shape index (κ2) is 12.5. The fraction of sp³-hybridized carbons (Fsp3) is 0.686. The van der Waals surface area contributed by atoms with E-state index in [1.165, 1.54) is 12.0 Å². The van der Waals surface area contributed by atoms with Crippen molar-refractivity contribution in [3.8, 4) is 11.6 Å². The zero-order chi connectivity index (χ0) is 33.8. The minimum absolute atomic E-state index is 0.0932. The summed E-state index contributed by atoms with van der Waals surface area (Å²) in [6, 6.07) is 3.47. The molecule has 6 rings (SSSR count). The van der Waals surface area contributed by atoms with Crippen molar-refractivity contribution in [2.24, 2.45) is 35.0 Å². The number of amides is 1. The lowest BCUT2D eigenvalue weighted by Gasteiger charge is -2.34. The Bertz CT molecular complexity index is 1550. The maximum absolute atomic E-state index is 16.1. The number of carboxylic acid groups (broad SMARTS) is 1. The molecule has 1 amide bonds. The minimum atomic E-state index is -3.40. The van der Waals surface area contributed by atoms with E-state index in [0.29, 0.717) is 36.8 Å². The number of rotatable bonds is 3. The fourth-order valence-electron chi connectivity index (χ4n) is 8.18. The highest BCUT2D eigenvalue weighted by molar-refractivity contribution is 5.89. The summed E-state index contributed by atoms with van der Waals surface area (Å²) in [6.45, 7) is 7.12. The van der Waals surface area contributed by atoms with Crippen LogP contribution in [-0.4, -0.2) is 69.7 Å². The van der Waals surface area contributed by atoms with Crippen LogP contribution in [0.2, 0.25) is 0 Å². The predicted octanol–water partition coefficient (Wildman–Crippen LogP) is 5.99. The number of hydrogen-bond acceptors (Lipinski definition) is 8. The molecule has 47 heavy (non-hydrogen) atoms. The van der Waals surface area contributed by atoms with E-state index in [4.69, 9.17) is 14.2 Å². The Morgan fingerprint density at radius 2 is 1.85 bits per heavy atom. The second-order valence-corrected chi connectivity index (χ2v) is 14.9. The number of carboxylic acids is 1. The van der Waals surface area contributed by atoms with Gasteiger partial charge in [0, 0.05) is 18.4 Å². The second-order valence-electron chi connectivity index (χ2n) is 14.9. The van der Waals surface area contributed by atoms with Gasteiger partial charge in [0.05, 0.1) is 37.0 Å². The van der Waals surface area contributed by atoms with Gasteiger partial charge in [-0.15, -0.1) is 0 Å². The van der Waals surface area contributed by atoms with Crippen molar-refractivity contribution in [1.82, 2.24) is 14.9 Å². The molecular formula is C35H45F2N3O7. The zero-order valence-corrected chi connectivity index (χ0v) is 27.7. The van der Waals surface area contributed by atoms with E-state index in [2.05, 4.69) is 9.97 Å². The maximum Gasteiger partial charge on any atom is 0.326 e. The number of esters is 1. The number of aliphatic carboxylic acids is 1. The molecule has 2 aromatic rings. The Morgan fingerprint density at radius 3 is 2.53 bits per heavy atom. The van der Waals surface area contributed by atoms with Crippen LogP contribution in [0.15, 0.2) is 18.2 Å². The minimum Gasteiger partial charge on any atom is -0.497 e. The maximum atomic E-state index is 16.1. The van der Waals surface area contributed by atoms with Crippen LogP contribution < -0.4 is 9.47 Å². The molecule has 0 spiro atoms. The molecule has 2 aliphatic heterocycles. The van der Waals surface area contributed by atoms with Gasteiger partial charge in [-0.2, -0.15) is 8.78 Å². The number of carbonyl (C=O) groups is 3. The summed E-state index contributed by atoms with van der Waals surface area (Å²) in [7, 11) is 1.48. The Kier molecular flexibility index (Phi) is 8.84. The van der Waals surface area contributed by atoms with Crippen molar-refractivity contribution in [1.29, 1.82) is 0 Å². The molecule has 1 N–H and O–H groups in total. The molecule has 0 radical (unpaired) electrons. The lowest BCUT2D eigenvalue weighted by molar-refractivity contribution is -0.160. The van der Waals surface area contributed by atoms with Gasteiger partial charge in [0.2, 0.25) is 11.8 Å². The molecule has 1 aromatic heterocycles. The summed E-state index contributed by atoms with van der Waals surface area (Å²) < 4.78 is 49.9. The number of aromatic nitrogens is 2. The van der Waals surface area contributed by atoms with Crippen LogP contribution in [-0.2, 0) is 25.0 Å². The van der Waals surface area contributed by atoms with E-state index in [1.54, 1.807) is 25.1 Å². The van der Waals surface area contributed by atoms with Crippen LogP contribution in [0.1, 0.15) is 84.8 Å². The Morgan fingerprint density at radius 1 is 1.09 bits per heavy atom. The Balaban J connectivity index is 1.43. The molecule has 4 aliphatic rings. The highest BCUT2D eigenvalue weighted by Crippen LogP contribution is 2.58. The summed E-state index contributed by atoms with van der Waals surface area (Å²) >= 11 is 0. The van der Waals surface area contributed by atoms with E-state index in [-0.39, 0.29) is 48.3 Å². The molecule has 256 valence electrons. The number of hydrogen-bond donors (Lipinski definition) is 1. The summed E-state index contributed by atoms with van der Waals surface area (Å²) in [6.07, 6.45) is 1.58. The molecule has 2 bridgehead atoms. The van der Waals surface area contributed by atoms with E-state index >= 15 is 8.78 Å². The normalized spacial score (nSPS) is 32.7. The van der Waals surface area contributed by atoms with E-state index in [1.807, 2.05) is 20.8 Å². The lowest BCUT2D eigenvalue weighted by Crippen LogP contribution is -2.48. The first kappa shape index (κ1) is 33.3. The van der Waals surface area contributed by atoms with Gasteiger partial charge < -0.3 is 24.2 Å². The van der Waals surface area contributed by atoms with Gasteiger partial charge in [-0.1, -0.05) is 34.1 Å². The SMILES string of the molecule is CC[C@@H]1[C@@H]2CN(C(=O)[C@H](C(C)(C)C)CC(=O)O[C@@H]3C[C@@H]4C[C@@H]4[C@H]3CCCCC(F)(F)c3nc4ccc(OC)cc4nc3O2)[C@@H]1C(=O)O. The standard InChI is InChI=1S/C35H45F2N3O7/c1-6-20-27-17-40(29(20)33(43)44)32(42)23(34(2,3)4)16-28(41)46-26-14-18-13-22(18)21(26)9-7-8-12-35(36,37)30-31(47-27)39-25-15-19(45-5)10-11-24(25)38-30/h10-11,15,18,20-23,26-27,29H,6-9,12-14,16-17H2,1-5H3,(H,43,44)/t18-,20+,21+,22-,23+,26+,27-,29-/m0/s1. The van der Waals surface area contributed by atoms with Crippen LogP contribution in [0.25, 0.3) is 11.0 Å². The number of ether oxygens (including phenoxy) is 3. The van der Waals surface area contributed by atoms with Crippen molar-refractivity contribution in [2.75, 3.05) is 13.7 Å². The van der Waals surface area contributed by atoms with Gasteiger partial charge in [0.1, 0.15) is 24.0 Å². The fourth-order valence-corrected chi connectivity index (χ4v) is 8.18. The molecule has 1 saturated heterocycles. The first-order valence-electron chi connectivity index (χ1n) is 16.8. The van der Waals surface area contributed by atoms with Crippen LogP contribution in [0.3, 0.4) is 0 Å². The number of carbonyl (C=O) groups excluding carboxylic acids is 2. The number of alkyl halides is 2. The van der Waals surface area contributed by atoms with Gasteiger partial charge in [-0.05, 0) is 67.4 Å². The van der Waals surface area contributed by atoms with Crippen LogP contribution in [0.5, 0.6) is 11.6 Å². The highest BCUT2D eigenvalue weighted by atomic mass is 19.3. The largest absolute Gasteiger partial charge is 0.497 e. The molecule has 10 nitrogen and oxygen atoms in total. The van der Waals surface area contributed by atoms with Gasteiger partial charge in [-0.3, -0.25) is 9.59 Å². The third kappa shape index (κ3) is 6.48. The lowest BCUT2D eigenvalue weighted by atomic mass is 9.77. The summed E-state index contributed by atoms with van der Waals surface area (Å²) in [5.41, 5.74) is -0.773. The number of nitrogens with zero attached hydrogens (tertiary/aromatic N) is 3. The molecule has 2 aliphatic carbocycles. The third-order valence-electron chi connectivity index (χ3n) is 10.9. The van der Waals surface area contributed by atoms with Gasteiger partial charge in [-0.25, -0.2) is 14.8 Å². The average molecular weight is 658 g/mol. The molecule has 3 heterocycles. The van der Waals surface area contributed by atoms with E-state index in [9.17, 15) is 19.5 Å². The first-order valence-corrected chi connectivity index (χ1v) is 16.8. The van der Waals surface area contributed by atoms with Crippen LogP contribution >= 0.6 is 0 Å². The van der Waals surface area contributed by atoms with Crippen LogP contribution in [0.4, 0.5) is 8.78 Å². The van der Waals surface area contributed by atoms with Crippen LogP contribution in [0, 0.1) is 35.0 Å². The number of methoxy groups -OCH3 is 1. The molecule has 2 saturated carbocycles. The van der Waals surface area contributed by atoms with Crippen molar-refractivity contribution in [2.45, 2.75) is 103 Å². The Hall–Kier alpha value is -3.57. The van der Waals surface area contributed by atoms with Gasteiger partial charge in [0.25, 0.3) is 5.92 Å². The predicted molar refractivity (Wildman–Crippen MR) is 167 cm³/mol. The molecule has 1 aromatic carbocycles.